The van der Waals surface area contributed by atoms with Gasteiger partial charge in [0.1, 0.15) is 23.3 Å². The second-order valence-corrected chi connectivity index (χ2v) is 7.94. The Kier molecular flexibility index (Phi) is 7.63. The molecule has 0 radical (unpaired) electrons. The van der Waals surface area contributed by atoms with Gasteiger partial charge in [0.25, 0.3) is 5.91 Å². The molecule has 0 bridgehead atoms. The molecule has 0 saturated carbocycles. The van der Waals surface area contributed by atoms with Gasteiger partial charge in [0.2, 0.25) is 5.96 Å². The molecule has 0 saturated heterocycles. The number of hydrazone groups is 1. The summed E-state index contributed by atoms with van der Waals surface area (Å²) in [6.45, 7) is 4.47. The molecule has 1 aliphatic heterocycles. The van der Waals surface area contributed by atoms with Crippen LogP contribution in [-0.2, 0) is 0 Å². The van der Waals surface area contributed by atoms with Crippen LogP contribution >= 0.6 is 11.6 Å². The van der Waals surface area contributed by atoms with Gasteiger partial charge in [0.05, 0.1) is 17.2 Å². The zero-order valence-corrected chi connectivity index (χ0v) is 18.2. The minimum Gasteiger partial charge on any atom is -0.291 e. The van der Waals surface area contributed by atoms with Crippen molar-refractivity contribution in [2.75, 3.05) is 6.54 Å². The van der Waals surface area contributed by atoms with Crippen LogP contribution in [0.4, 0.5) is 13.2 Å². The molecule has 10 heteroatoms. The first kappa shape index (κ1) is 23.5. The molecule has 1 aliphatic rings. The highest BCUT2D eigenvalue weighted by Crippen LogP contribution is 2.16. The van der Waals surface area contributed by atoms with Crippen molar-refractivity contribution in [2.24, 2.45) is 21.0 Å². The molecule has 0 spiro atoms. The number of nitrogens with zero attached hydrogens (tertiary/aromatic N) is 3. The molecule has 2 aromatic rings. The Labute approximate surface area is 188 Å². The first-order valence-corrected chi connectivity index (χ1v) is 10.3. The van der Waals surface area contributed by atoms with Crippen molar-refractivity contribution >= 4 is 35.0 Å². The molecule has 2 N–H and O–H groups in total. The number of amidine groups is 1. The molecule has 0 atom stereocenters. The molecular weight excluding hydrogens is 443 g/mol. The minimum atomic E-state index is -0.721. The number of hydrogen-bond donors (Lipinski definition) is 2. The van der Waals surface area contributed by atoms with Crippen LogP contribution in [0.1, 0.15) is 42.6 Å². The second kappa shape index (κ2) is 10.4. The van der Waals surface area contributed by atoms with Crippen LogP contribution < -0.4 is 10.7 Å². The summed E-state index contributed by atoms with van der Waals surface area (Å²) >= 11 is 5.67. The molecule has 0 aromatic heterocycles. The molecule has 1 heterocycles. The average molecular weight is 464 g/mol. The van der Waals surface area contributed by atoms with Crippen LogP contribution in [0, 0.1) is 23.4 Å². The van der Waals surface area contributed by atoms with Gasteiger partial charge in [0, 0.05) is 23.7 Å². The summed E-state index contributed by atoms with van der Waals surface area (Å²) in [5.74, 6) is -2.04. The van der Waals surface area contributed by atoms with E-state index in [1.165, 1.54) is 24.3 Å². The molecule has 168 valence electrons. The fourth-order valence-corrected chi connectivity index (χ4v) is 2.91. The van der Waals surface area contributed by atoms with E-state index in [1.807, 2.05) is 13.8 Å². The van der Waals surface area contributed by atoms with Gasteiger partial charge in [0.15, 0.2) is 0 Å². The number of rotatable bonds is 5. The smallest absolute Gasteiger partial charge is 0.258 e. The van der Waals surface area contributed by atoms with E-state index in [-0.39, 0.29) is 28.5 Å². The quantitative estimate of drug-likeness (QED) is 0.498. The number of aliphatic imine (C=N–C) groups is 2. The molecule has 2 aromatic carbocycles. The van der Waals surface area contributed by atoms with Crippen LogP contribution in [-0.4, -0.2) is 30.0 Å². The molecule has 0 aliphatic carbocycles. The van der Waals surface area contributed by atoms with E-state index < -0.39 is 23.4 Å². The molecular formula is C22H21ClF3N5O. The van der Waals surface area contributed by atoms with Gasteiger partial charge >= 0.3 is 0 Å². The lowest BCUT2D eigenvalue weighted by atomic mass is 10.1. The normalized spacial score (nSPS) is 15.2. The van der Waals surface area contributed by atoms with Crippen molar-refractivity contribution in [2.45, 2.75) is 26.7 Å². The topological polar surface area (TPSA) is 78.2 Å². The van der Waals surface area contributed by atoms with E-state index in [4.69, 9.17) is 11.6 Å². The largest absolute Gasteiger partial charge is 0.291 e. The van der Waals surface area contributed by atoms with E-state index in [0.29, 0.717) is 24.0 Å². The zero-order chi connectivity index (χ0) is 23.3. The minimum absolute atomic E-state index is 0.00961. The molecule has 0 fully saturated rings. The molecule has 3 rings (SSSR count). The Morgan fingerprint density at radius 3 is 2.56 bits per heavy atom. The Bertz CT molecular complexity index is 1090. The number of hydrogen-bond acceptors (Lipinski definition) is 3. The van der Waals surface area contributed by atoms with E-state index >= 15 is 0 Å². The summed E-state index contributed by atoms with van der Waals surface area (Å²) in [5.41, 5.74) is 3.40. The van der Waals surface area contributed by atoms with E-state index in [0.717, 1.165) is 18.6 Å². The fourth-order valence-electron chi connectivity index (χ4n) is 2.79. The summed E-state index contributed by atoms with van der Waals surface area (Å²) in [7, 11) is 0. The van der Waals surface area contributed by atoms with Gasteiger partial charge in [-0.1, -0.05) is 25.4 Å². The first-order valence-electron chi connectivity index (χ1n) is 9.88. The first-order chi connectivity index (χ1) is 15.2. The molecule has 0 unspecified atom stereocenters. The van der Waals surface area contributed by atoms with Crippen molar-refractivity contribution in [1.82, 2.24) is 10.7 Å². The van der Waals surface area contributed by atoms with Crippen LogP contribution in [0.5, 0.6) is 0 Å². The van der Waals surface area contributed by atoms with Gasteiger partial charge < -0.3 is 0 Å². The van der Waals surface area contributed by atoms with Crippen LogP contribution in [0.3, 0.4) is 0 Å². The predicted molar refractivity (Wildman–Crippen MR) is 119 cm³/mol. The number of guanidine groups is 1. The van der Waals surface area contributed by atoms with Crippen molar-refractivity contribution in [1.29, 1.82) is 0 Å². The Morgan fingerprint density at radius 2 is 1.91 bits per heavy atom. The zero-order valence-electron chi connectivity index (χ0n) is 17.4. The number of carbonyl (C=O) groups is 1. The lowest BCUT2D eigenvalue weighted by Crippen LogP contribution is -2.31. The van der Waals surface area contributed by atoms with Gasteiger partial charge in [-0.3, -0.25) is 20.5 Å². The summed E-state index contributed by atoms with van der Waals surface area (Å²) in [5, 5.41) is 6.52. The van der Waals surface area contributed by atoms with Gasteiger partial charge in [-0.25, -0.2) is 13.2 Å². The monoisotopic (exact) mass is 463 g/mol. The van der Waals surface area contributed by atoms with Crippen molar-refractivity contribution in [3.8, 4) is 0 Å². The third-order valence-electron chi connectivity index (χ3n) is 4.47. The number of benzene rings is 2. The van der Waals surface area contributed by atoms with Gasteiger partial charge in [-0.2, -0.15) is 10.1 Å². The summed E-state index contributed by atoms with van der Waals surface area (Å²) in [6, 6.07) is 6.79. The number of nitrogens with one attached hydrogen (secondary N) is 2. The highest BCUT2D eigenvalue weighted by Gasteiger charge is 2.18. The Balaban J connectivity index is 1.77. The average Bonchev–Trinajstić information content (AvgIpc) is 3.17. The second-order valence-electron chi connectivity index (χ2n) is 7.53. The predicted octanol–water partition coefficient (Wildman–Crippen LogP) is 4.69. The van der Waals surface area contributed by atoms with E-state index in [2.05, 4.69) is 25.8 Å². The molecule has 6 nitrogen and oxygen atoms in total. The SMILES string of the molecule is CC(C)CCN=C(N=C1CC(c2cc(F)cc(F)c2)=NN1)NC(=O)c1ccc(Cl)c(F)c1. The molecule has 1 amide bonds. The van der Waals surface area contributed by atoms with E-state index in [1.54, 1.807) is 0 Å². The summed E-state index contributed by atoms with van der Waals surface area (Å²) < 4.78 is 40.7. The third kappa shape index (κ3) is 6.40. The van der Waals surface area contributed by atoms with Gasteiger partial charge in [-0.15, -0.1) is 0 Å². The van der Waals surface area contributed by atoms with Crippen molar-refractivity contribution in [3.63, 3.8) is 0 Å². The third-order valence-corrected chi connectivity index (χ3v) is 4.77. The van der Waals surface area contributed by atoms with Crippen LogP contribution in [0.15, 0.2) is 51.5 Å². The van der Waals surface area contributed by atoms with E-state index in [9.17, 15) is 18.0 Å². The highest BCUT2D eigenvalue weighted by atomic mass is 35.5. The lowest BCUT2D eigenvalue weighted by molar-refractivity contribution is 0.0976. The fraction of sp³-hybridized carbons (Fsp3) is 0.273. The Hall–Kier alpha value is -3.20. The standard InChI is InChI=1S/C22H21ClF3N5O/c1-12(2)5-6-27-22(29-21(32)13-3-4-17(23)18(26)9-13)28-20-11-19(30-31-20)14-7-15(24)10-16(25)8-14/h3-4,7-10,12H,5-6,11H2,1-2H3,(H2,27,28,29,31,32). The lowest BCUT2D eigenvalue weighted by Gasteiger charge is -2.08. The number of amides is 1. The summed E-state index contributed by atoms with van der Waals surface area (Å²) in [6.07, 6.45) is 0.912. The number of halogens is 4. The summed E-state index contributed by atoms with van der Waals surface area (Å²) in [4.78, 5) is 21.2. The van der Waals surface area contributed by atoms with Crippen molar-refractivity contribution < 1.29 is 18.0 Å². The highest BCUT2D eigenvalue weighted by molar-refractivity contribution is 6.30. The number of carbonyl (C=O) groups excluding carboxylic acids is 1. The van der Waals surface area contributed by atoms with Gasteiger partial charge in [-0.05, 0) is 42.7 Å². The maximum absolute atomic E-state index is 13.7. The maximum atomic E-state index is 13.7. The Morgan fingerprint density at radius 1 is 1.19 bits per heavy atom. The van der Waals surface area contributed by atoms with Crippen LogP contribution in [0.25, 0.3) is 0 Å². The maximum Gasteiger partial charge on any atom is 0.258 e. The van der Waals surface area contributed by atoms with Crippen molar-refractivity contribution in [3.05, 3.63) is 70.0 Å². The molecule has 32 heavy (non-hydrogen) atoms. The van der Waals surface area contributed by atoms with Crippen LogP contribution in [0.2, 0.25) is 5.02 Å².